The molecule has 0 atom stereocenters. The Hall–Kier alpha value is -1.92. The van der Waals surface area contributed by atoms with Gasteiger partial charge in [0, 0.05) is 12.3 Å². The summed E-state index contributed by atoms with van der Waals surface area (Å²) in [6.45, 7) is 0. The van der Waals surface area contributed by atoms with Crippen molar-refractivity contribution < 1.29 is 4.74 Å². The molecule has 3 heterocycles. The lowest BCUT2D eigenvalue weighted by Crippen LogP contribution is -1.89. The van der Waals surface area contributed by atoms with Crippen LogP contribution in [-0.4, -0.2) is 15.0 Å². The number of thiazole rings is 1. The van der Waals surface area contributed by atoms with E-state index in [2.05, 4.69) is 15.0 Å². The highest BCUT2D eigenvalue weighted by molar-refractivity contribution is 7.21. The van der Waals surface area contributed by atoms with Gasteiger partial charge in [0.15, 0.2) is 16.0 Å². The van der Waals surface area contributed by atoms with Crippen LogP contribution in [0, 0.1) is 0 Å². The third-order valence-electron chi connectivity index (χ3n) is 2.19. The van der Waals surface area contributed by atoms with Crippen molar-refractivity contribution in [1.82, 2.24) is 15.0 Å². The first-order valence-corrected chi connectivity index (χ1v) is 6.23. The van der Waals surface area contributed by atoms with Crippen molar-refractivity contribution >= 4 is 38.4 Å². The third-order valence-corrected chi connectivity index (χ3v) is 3.26. The molecule has 18 heavy (non-hydrogen) atoms. The molecule has 7 heteroatoms. The zero-order valence-corrected chi connectivity index (χ0v) is 10.6. The fourth-order valence-corrected chi connectivity index (χ4v) is 2.29. The van der Waals surface area contributed by atoms with Gasteiger partial charge in [-0.1, -0.05) is 22.9 Å². The second-order valence-electron chi connectivity index (χ2n) is 3.42. The molecule has 0 saturated heterocycles. The molecule has 0 spiro atoms. The van der Waals surface area contributed by atoms with E-state index in [1.165, 1.54) is 11.3 Å². The summed E-state index contributed by atoms with van der Waals surface area (Å²) < 4.78 is 5.56. The molecule has 5 nitrogen and oxygen atoms in total. The Morgan fingerprint density at radius 1 is 1.22 bits per heavy atom. The fraction of sp³-hybridized carbons (Fsp3) is 0. The lowest BCUT2D eigenvalue weighted by molar-refractivity contribution is 0.463. The molecular formula is C11H7ClN4OS. The Morgan fingerprint density at radius 2 is 2.11 bits per heavy atom. The fourth-order valence-electron chi connectivity index (χ4n) is 1.43. The maximum atomic E-state index is 5.90. The summed E-state index contributed by atoms with van der Waals surface area (Å²) in [5.74, 6) is 0.893. The quantitative estimate of drug-likeness (QED) is 0.729. The van der Waals surface area contributed by atoms with E-state index in [-0.39, 0.29) is 0 Å². The molecule has 3 aromatic rings. The van der Waals surface area contributed by atoms with Crippen LogP contribution in [0.4, 0.5) is 5.13 Å². The van der Waals surface area contributed by atoms with E-state index in [9.17, 15) is 0 Å². The maximum Gasteiger partial charge on any atom is 0.220 e. The van der Waals surface area contributed by atoms with E-state index < -0.39 is 0 Å². The molecule has 0 aliphatic heterocycles. The number of rotatable bonds is 2. The van der Waals surface area contributed by atoms with Crippen molar-refractivity contribution in [1.29, 1.82) is 0 Å². The molecule has 2 N–H and O–H groups in total. The summed E-state index contributed by atoms with van der Waals surface area (Å²) in [6, 6.07) is 6.98. The highest BCUT2D eigenvalue weighted by atomic mass is 35.5. The Labute approximate surface area is 111 Å². The number of hydrogen-bond donors (Lipinski definition) is 1. The van der Waals surface area contributed by atoms with Gasteiger partial charge in [0.05, 0.1) is 0 Å². The van der Waals surface area contributed by atoms with Gasteiger partial charge in [-0.3, -0.25) is 0 Å². The molecule has 0 aromatic carbocycles. The second-order valence-corrected chi connectivity index (χ2v) is 4.79. The first-order valence-electron chi connectivity index (χ1n) is 5.04. The van der Waals surface area contributed by atoms with Gasteiger partial charge in [0.2, 0.25) is 5.88 Å². The van der Waals surface area contributed by atoms with Crippen molar-refractivity contribution in [3.8, 4) is 11.6 Å². The van der Waals surface area contributed by atoms with Crippen molar-refractivity contribution in [2.24, 2.45) is 0 Å². The molecule has 3 rings (SSSR count). The number of halogens is 1. The maximum absolute atomic E-state index is 5.90. The standard InChI is InChI=1S/C11H7ClN4OS/c12-9-7(2-1-5-14-9)17-8-4-3-6-10(16-8)18-11(13)15-6/h1-5H,(H2,13,15). The minimum atomic E-state index is 0.295. The minimum Gasteiger partial charge on any atom is -0.436 e. The number of ether oxygens (including phenoxy) is 1. The van der Waals surface area contributed by atoms with E-state index >= 15 is 0 Å². The zero-order valence-electron chi connectivity index (χ0n) is 9.00. The molecule has 0 radical (unpaired) electrons. The van der Waals surface area contributed by atoms with Crippen LogP contribution < -0.4 is 10.5 Å². The van der Waals surface area contributed by atoms with Crippen LogP contribution in [0.1, 0.15) is 0 Å². The predicted octanol–water partition coefficient (Wildman–Crippen LogP) is 3.11. The summed E-state index contributed by atoms with van der Waals surface area (Å²) in [5, 5.41) is 0.775. The number of nitrogen functional groups attached to an aromatic ring is 1. The summed E-state index contributed by atoms with van der Waals surface area (Å²) in [6.07, 6.45) is 1.59. The van der Waals surface area contributed by atoms with E-state index in [1.54, 1.807) is 30.5 Å². The number of anilines is 1. The molecule has 0 unspecified atom stereocenters. The Morgan fingerprint density at radius 3 is 2.94 bits per heavy atom. The Bertz CT molecular complexity index is 715. The number of aromatic nitrogens is 3. The number of hydrogen-bond acceptors (Lipinski definition) is 6. The van der Waals surface area contributed by atoms with Crippen molar-refractivity contribution in [3.63, 3.8) is 0 Å². The van der Waals surface area contributed by atoms with Gasteiger partial charge >= 0.3 is 0 Å². The van der Waals surface area contributed by atoms with Crippen LogP contribution in [-0.2, 0) is 0 Å². The molecular weight excluding hydrogens is 272 g/mol. The molecule has 0 aliphatic carbocycles. The number of fused-ring (bicyclic) bond motifs is 1. The SMILES string of the molecule is Nc1nc2ccc(Oc3cccnc3Cl)nc2s1. The average Bonchev–Trinajstić information content (AvgIpc) is 2.71. The van der Waals surface area contributed by atoms with E-state index in [4.69, 9.17) is 22.1 Å². The van der Waals surface area contributed by atoms with Crippen LogP contribution in [0.25, 0.3) is 10.3 Å². The smallest absolute Gasteiger partial charge is 0.220 e. The van der Waals surface area contributed by atoms with Gasteiger partial charge in [0.25, 0.3) is 0 Å². The normalized spacial score (nSPS) is 10.7. The van der Waals surface area contributed by atoms with Gasteiger partial charge in [-0.2, -0.15) is 0 Å². The lowest BCUT2D eigenvalue weighted by atomic mass is 10.4. The van der Waals surface area contributed by atoms with Gasteiger partial charge < -0.3 is 10.5 Å². The van der Waals surface area contributed by atoms with Gasteiger partial charge in [-0.15, -0.1) is 0 Å². The van der Waals surface area contributed by atoms with Crippen molar-refractivity contribution in [2.45, 2.75) is 0 Å². The average molecular weight is 279 g/mol. The van der Waals surface area contributed by atoms with Crippen LogP contribution in [0.2, 0.25) is 5.15 Å². The molecule has 0 saturated carbocycles. The monoisotopic (exact) mass is 278 g/mol. The van der Waals surface area contributed by atoms with Crippen molar-refractivity contribution in [2.75, 3.05) is 5.73 Å². The molecule has 0 amide bonds. The van der Waals surface area contributed by atoms with Crippen LogP contribution in [0.5, 0.6) is 11.6 Å². The van der Waals surface area contributed by atoms with Crippen LogP contribution in [0.15, 0.2) is 30.5 Å². The number of nitrogens with zero attached hydrogens (tertiary/aromatic N) is 3. The lowest BCUT2D eigenvalue weighted by Gasteiger charge is -2.04. The topological polar surface area (TPSA) is 73.9 Å². The predicted molar refractivity (Wildman–Crippen MR) is 71.1 cm³/mol. The molecule has 3 aromatic heterocycles. The highest BCUT2D eigenvalue weighted by Crippen LogP contribution is 2.29. The largest absolute Gasteiger partial charge is 0.436 e. The molecule has 90 valence electrons. The molecule has 0 bridgehead atoms. The van der Waals surface area contributed by atoms with Crippen LogP contribution >= 0.6 is 22.9 Å². The summed E-state index contributed by atoms with van der Waals surface area (Å²) in [5.41, 5.74) is 6.36. The van der Waals surface area contributed by atoms with Crippen molar-refractivity contribution in [3.05, 3.63) is 35.6 Å². The van der Waals surface area contributed by atoms with Gasteiger partial charge in [0.1, 0.15) is 10.3 Å². The number of nitrogens with two attached hydrogens (primary N) is 1. The van der Waals surface area contributed by atoms with Gasteiger partial charge in [-0.25, -0.2) is 15.0 Å². The molecule has 0 fully saturated rings. The van der Waals surface area contributed by atoms with Gasteiger partial charge in [-0.05, 0) is 18.2 Å². The Kier molecular flexibility index (Phi) is 2.73. The summed E-state index contributed by atoms with van der Waals surface area (Å²) in [4.78, 5) is 13.1. The highest BCUT2D eigenvalue weighted by Gasteiger charge is 2.07. The minimum absolute atomic E-state index is 0.295. The Balaban J connectivity index is 1.97. The second kappa shape index (κ2) is 4.40. The van der Waals surface area contributed by atoms with E-state index in [1.807, 2.05) is 0 Å². The van der Waals surface area contributed by atoms with E-state index in [0.29, 0.717) is 21.9 Å². The molecule has 0 aliphatic rings. The number of pyridine rings is 2. The zero-order chi connectivity index (χ0) is 12.5. The first kappa shape index (κ1) is 11.2. The first-order chi connectivity index (χ1) is 8.72. The van der Waals surface area contributed by atoms with Crippen LogP contribution in [0.3, 0.4) is 0 Å². The van der Waals surface area contributed by atoms with E-state index in [0.717, 1.165) is 10.3 Å². The summed E-state index contributed by atoms with van der Waals surface area (Å²) in [7, 11) is 0. The third kappa shape index (κ3) is 2.07. The summed E-state index contributed by atoms with van der Waals surface area (Å²) >= 11 is 7.21.